The van der Waals surface area contributed by atoms with Gasteiger partial charge >= 0.3 is 0 Å². The van der Waals surface area contributed by atoms with Crippen LogP contribution in [0.5, 0.6) is 0 Å². The van der Waals surface area contributed by atoms with E-state index in [1.54, 1.807) is 0 Å². The number of aryl methyl sites for hydroxylation is 2. The van der Waals surface area contributed by atoms with Crippen molar-refractivity contribution in [2.75, 3.05) is 0 Å². The summed E-state index contributed by atoms with van der Waals surface area (Å²) in [5, 5.41) is 3.52. The SMILES string of the molecule is [C-]#[N+]c1cc(C)c(-c2cc3ccnc(-c4cc(C(C)C)c5ccccc5c4)c3o2)c(C)c1. The van der Waals surface area contributed by atoms with Crippen molar-refractivity contribution in [3.63, 3.8) is 0 Å². The van der Waals surface area contributed by atoms with Gasteiger partial charge < -0.3 is 4.42 Å². The molecule has 0 bridgehead atoms. The highest BCUT2D eigenvalue weighted by Crippen LogP contribution is 2.39. The van der Waals surface area contributed by atoms with Crippen LogP contribution in [0.4, 0.5) is 5.69 Å². The average molecular weight is 417 g/mol. The molecule has 2 aromatic heterocycles. The Labute approximate surface area is 188 Å². The first-order valence-corrected chi connectivity index (χ1v) is 10.9. The largest absolute Gasteiger partial charge is 0.454 e. The first kappa shape index (κ1) is 20.0. The summed E-state index contributed by atoms with van der Waals surface area (Å²) in [5.74, 6) is 1.21. The molecule has 5 aromatic rings. The molecule has 0 aliphatic carbocycles. The summed E-state index contributed by atoms with van der Waals surface area (Å²) in [6, 6.07) is 20.9. The lowest BCUT2D eigenvalue weighted by Gasteiger charge is -2.13. The Hall–Kier alpha value is -3.90. The van der Waals surface area contributed by atoms with Crippen molar-refractivity contribution in [2.45, 2.75) is 33.6 Å². The topological polar surface area (TPSA) is 30.4 Å². The van der Waals surface area contributed by atoms with E-state index >= 15 is 0 Å². The van der Waals surface area contributed by atoms with Crippen molar-refractivity contribution in [3.8, 4) is 22.6 Å². The minimum absolute atomic E-state index is 0.400. The van der Waals surface area contributed by atoms with Gasteiger partial charge in [-0.25, -0.2) is 4.85 Å². The van der Waals surface area contributed by atoms with Gasteiger partial charge in [-0.3, -0.25) is 4.98 Å². The Morgan fingerprint density at radius 1 is 0.906 bits per heavy atom. The lowest BCUT2D eigenvalue weighted by Crippen LogP contribution is -1.92. The van der Waals surface area contributed by atoms with E-state index < -0.39 is 0 Å². The Kier molecular flexibility index (Phi) is 4.79. The molecule has 0 unspecified atom stereocenters. The number of rotatable bonds is 3. The molecule has 156 valence electrons. The molecule has 0 aliphatic rings. The number of furan rings is 1. The van der Waals surface area contributed by atoms with Crippen molar-refractivity contribution in [1.82, 2.24) is 4.98 Å². The zero-order valence-corrected chi connectivity index (χ0v) is 18.7. The molecule has 0 aliphatic heterocycles. The molecule has 3 aromatic carbocycles. The van der Waals surface area contributed by atoms with Gasteiger partial charge in [-0.2, -0.15) is 0 Å². The number of benzene rings is 3. The van der Waals surface area contributed by atoms with E-state index in [-0.39, 0.29) is 0 Å². The maximum Gasteiger partial charge on any atom is 0.187 e. The molecule has 5 rings (SSSR count). The molecular formula is C29H24N2O. The van der Waals surface area contributed by atoms with Crippen molar-refractivity contribution in [1.29, 1.82) is 0 Å². The highest BCUT2D eigenvalue weighted by Gasteiger charge is 2.17. The van der Waals surface area contributed by atoms with Crippen molar-refractivity contribution >= 4 is 27.4 Å². The molecule has 0 N–H and O–H groups in total. The van der Waals surface area contributed by atoms with Crippen LogP contribution in [0, 0.1) is 20.4 Å². The summed E-state index contributed by atoms with van der Waals surface area (Å²) in [6.45, 7) is 15.8. The lowest BCUT2D eigenvalue weighted by atomic mass is 9.92. The van der Waals surface area contributed by atoms with Crippen LogP contribution in [-0.2, 0) is 0 Å². The van der Waals surface area contributed by atoms with Crippen LogP contribution in [-0.4, -0.2) is 4.98 Å². The third kappa shape index (κ3) is 3.25. The van der Waals surface area contributed by atoms with Gasteiger partial charge in [0.25, 0.3) is 0 Å². The molecule has 0 amide bonds. The zero-order valence-electron chi connectivity index (χ0n) is 18.7. The van der Waals surface area contributed by atoms with Gasteiger partial charge in [-0.05, 0) is 60.4 Å². The average Bonchev–Trinajstić information content (AvgIpc) is 3.21. The zero-order chi connectivity index (χ0) is 22.4. The molecule has 2 heterocycles. The third-order valence-electron chi connectivity index (χ3n) is 6.12. The molecular weight excluding hydrogens is 392 g/mol. The molecule has 3 nitrogen and oxygen atoms in total. The van der Waals surface area contributed by atoms with Crippen molar-refractivity contribution in [3.05, 3.63) is 95.0 Å². The van der Waals surface area contributed by atoms with Gasteiger partial charge in [0.05, 0.1) is 6.57 Å². The van der Waals surface area contributed by atoms with Crippen LogP contribution in [0.1, 0.15) is 36.5 Å². The number of pyridine rings is 1. The highest BCUT2D eigenvalue weighted by molar-refractivity contribution is 5.97. The van der Waals surface area contributed by atoms with Crippen LogP contribution in [0.2, 0.25) is 0 Å². The maximum atomic E-state index is 7.32. The summed E-state index contributed by atoms with van der Waals surface area (Å²) in [7, 11) is 0. The van der Waals surface area contributed by atoms with Crippen LogP contribution < -0.4 is 0 Å². The Morgan fingerprint density at radius 3 is 2.38 bits per heavy atom. The smallest absolute Gasteiger partial charge is 0.187 e. The quantitative estimate of drug-likeness (QED) is 0.276. The molecule has 0 spiro atoms. The Morgan fingerprint density at radius 2 is 1.66 bits per heavy atom. The molecule has 0 fully saturated rings. The number of nitrogens with zero attached hydrogens (tertiary/aromatic N) is 2. The van der Waals surface area contributed by atoms with Crippen molar-refractivity contribution < 1.29 is 4.42 Å². The fraction of sp³-hybridized carbons (Fsp3) is 0.172. The van der Waals surface area contributed by atoms with Crippen LogP contribution in [0.15, 0.2) is 71.3 Å². The van der Waals surface area contributed by atoms with E-state index in [2.05, 4.69) is 61.2 Å². The van der Waals surface area contributed by atoms with E-state index in [0.29, 0.717) is 11.6 Å². The van der Waals surface area contributed by atoms with Crippen LogP contribution in [0.3, 0.4) is 0 Å². The Bertz CT molecular complexity index is 1510. The van der Waals surface area contributed by atoms with Gasteiger partial charge in [-0.15, -0.1) is 0 Å². The molecule has 3 heteroatoms. The normalized spacial score (nSPS) is 11.4. The molecule has 0 saturated carbocycles. The minimum Gasteiger partial charge on any atom is -0.454 e. The summed E-state index contributed by atoms with van der Waals surface area (Å²) in [4.78, 5) is 8.31. The Balaban J connectivity index is 1.73. The van der Waals surface area contributed by atoms with Crippen LogP contribution >= 0.6 is 0 Å². The van der Waals surface area contributed by atoms with Gasteiger partial charge in [-0.1, -0.05) is 61.4 Å². The highest BCUT2D eigenvalue weighted by atomic mass is 16.3. The van der Waals surface area contributed by atoms with Gasteiger partial charge in [0, 0.05) is 22.7 Å². The summed E-state index contributed by atoms with van der Waals surface area (Å²) >= 11 is 0. The van der Waals surface area contributed by atoms with E-state index in [1.807, 2.05) is 38.2 Å². The van der Waals surface area contributed by atoms with Gasteiger partial charge in [0.2, 0.25) is 0 Å². The van der Waals surface area contributed by atoms with Crippen LogP contribution in [0.25, 0.3) is 49.2 Å². The monoisotopic (exact) mass is 416 g/mol. The first-order chi connectivity index (χ1) is 15.5. The summed E-state index contributed by atoms with van der Waals surface area (Å²) in [6.07, 6.45) is 1.85. The van der Waals surface area contributed by atoms with E-state index in [9.17, 15) is 0 Å². The fourth-order valence-corrected chi connectivity index (χ4v) is 4.64. The minimum atomic E-state index is 0.400. The second-order valence-corrected chi connectivity index (χ2v) is 8.70. The number of hydrogen-bond donors (Lipinski definition) is 0. The molecule has 32 heavy (non-hydrogen) atoms. The van der Waals surface area contributed by atoms with Crippen molar-refractivity contribution in [2.24, 2.45) is 0 Å². The second kappa shape index (κ2) is 7.66. The maximum absolute atomic E-state index is 7.32. The number of aromatic nitrogens is 1. The summed E-state index contributed by atoms with van der Waals surface area (Å²) < 4.78 is 6.45. The van der Waals surface area contributed by atoms with Gasteiger partial charge in [0.15, 0.2) is 11.3 Å². The second-order valence-electron chi connectivity index (χ2n) is 8.70. The number of fused-ring (bicyclic) bond motifs is 2. The summed E-state index contributed by atoms with van der Waals surface area (Å²) in [5.41, 5.74) is 7.80. The molecule has 0 saturated heterocycles. The predicted octanol–water partition coefficient (Wildman–Crippen LogP) is 8.61. The van der Waals surface area contributed by atoms with E-state index in [0.717, 1.165) is 44.7 Å². The van der Waals surface area contributed by atoms with E-state index in [4.69, 9.17) is 16.0 Å². The molecule has 0 atom stereocenters. The predicted molar refractivity (Wildman–Crippen MR) is 132 cm³/mol. The lowest BCUT2D eigenvalue weighted by molar-refractivity contribution is 0.630. The number of hydrogen-bond acceptors (Lipinski definition) is 2. The van der Waals surface area contributed by atoms with E-state index in [1.165, 1.54) is 16.3 Å². The third-order valence-corrected chi connectivity index (χ3v) is 6.12. The molecule has 0 radical (unpaired) electrons. The standard InChI is InChI=1S/C29H24N2O/c1-17(2)25-15-22(14-20-8-6-7-9-24(20)25)28-29-21(10-11-31-28)16-26(32-29)27-18(3)12-23(30-5)13-19(27)4/h6-17H,1-4H3. The first-order valence-electron chi connectivity index (χ1n) is 10.9. The fourth-order valence-electron chi connectivity index (χ4n) is 4.64. The van der Waals surface area contributed by atoms with Gasteiger partial charge in [0.1, 0.15) is 11.5 Å².